The molecule has 5 N–H and O–H groups in total. The van der Waals surface area contributed by atoms with Gasteiger partial charge in [0, 0.05) is 23.7 Å². The van der Waals surface area contributed by atoms with Gasteiger partial charge in [-0.05, 0) is 53.6 Å². The second-order valence-corrected chi connectivity index (χ2v) is 11.3. The number of hydrogen-bond acceptors (Lipinski definition) is 8. The summed E-state index contributed by atoms with van der Waals surface area (Å²) in [6.07, 6.45) is 2.36. The number of carbonyl (C=O) groups is 2. The smallest absolute Gasteiger partial charge is 0.270 e. The molecular formula is C27H28N6O3S2. The summed E-state index contributed by atoms with van der Waals surface area (Å²) in [7, 11) is 0. The normalized spacial score (nSPS) is 12.3. The standard InChI is InChI=1S/C27H28N6O3S2/c1-15(2)10-18(13-34)30-26(36)23-22(17-7-9-37-14-17)32-24-19(4-3-8-33(23)24)25(35)29-12-16-5-6-20-21(11-16)38-27(28)31-20/h3-9,11,14-15,18,34H,10,12-13H2,1-2H3,(H2,28,31)(H,29,35)(H,30,36)/t18-/m0/s1. The lowest BCUT2D eigenvalue weighted by atomic mass is 10.0. The van der Waals surface area contributed by atoms with Gasteiger partial charge in [-0.25, -0.2) is 9.97 Å². The number of benzene rings is 1. The summed E-state index contributed by atoms with van der Waals surface area (Å²) in [6, 6.07) is 10.7. The van der Waals surface area contributed by atoms with Gasteiger partial charge < -0.3 is 21.5 Å². The van der Waals surface area contributed by atoms with Gasteiger partial charge in [-0.2, -0.15) is 11.3 Å². The molecule has 9 nitrogen and oxygen atoms in total. The fourth-order valence-corrected chi connectivity index (χ4v) is 5.88. The van der Waals surface area contributed by atoms with E-state index >= 15 is 0 Å². The molecule has 2 amide bonds. The van der Waals surface area contributed by atoms with Crippen molar-refractivity contribution >= 4 is 55.5 Å². The number of imidazole rings is 1. The van der Waals surface area contributed by atoms with E-state index in [1.165, 1.54) is 22.7 Å². The van der Waals surface area contributed by atoms with E-state index in [0.717, 1.165) is 21.3 Å². The van der Waals surface area contributed by atoms with Gasteiger partial charge in [-0.1, -0.05) is 31.3 Å². The molecule has 196 valence electrons. The third kappa shape index (κ3) is 5.26. The number of pyridine rings is 1. The zero-order chi connectivity index (χ0) is 26.8. The molecule has 0 aliphatic carbocycles. The number of aliphatic hydroxyl groups is 1. The molecule has 38 heavy (non-hydrogen) atoms. The molecule has 0 aliphatic rings. The lowest BCUT2D eigenvalue weighted by Crippen LogP contribution is -2.39. The molecule has 4 aromatic heterocycles. The number of hydrogen-bond donors (Lipinski definition) is 4. The average molecular weight is 549 g/mol. The van der Waals surface area contributed by atoms with E-state index in [2.05, 4.69) is 15.6 Å². The van der Waals surface area contributed by atoms with Crippen LogP contribution in [0.3, 0.4) is 0 Å². The van der Waals surface area contributed by atoms with Gasteiger partial charge in [0.25, 0.3) is 11.8 Å². The molecule has 0 aliphatic heterocycles. The van der Waals surface area contributed by atoms with Crippen molar-refractivity contribution in [1.29, 1.82) is 0 Å². The van der Waals surface area contributed by atoms with E-state index in [1.807, 2.05) is 48.9 Å². The highest BCUT2D eigenvalue weighted by molar-refractivity contribution is 7.22. The average Bonchev–Trinajstić information content (AvgIpc) is 3.63. The van der Waals surface area contributed by atoms with Crippen molar-refractivity contribution in [3.63, 3.8) is 0 Å². The van der Waals surface area contributed by atoms with Crippen molar-refractivity contribution < 1.29 is 14.7 Å². The van der Waals surface area contributed by atoms with Gasteiger partial charge >= 0.3 is 0 Å². The van der Waals surface area contributed by atoms with Gasteiger partial charge in [-0.3, -0.25) is 14.0 Å². The fraction of sp³-hybridized carbons (Fsp3) is 0.259. The van der Waals surface area contributed by atoms with Gasteiger partial charge in [-0.15, -0.1) is 0 Å². The lowest BCUT2D eigenvalue weighted by Gasteiger charge is -2.18. The Balaban J connectivity index is 1.46. The van der Waals surface area contributed by atoms with Crippen molar-refractivity contribution in [3.05, 3.63) is 70.2 Å². The van der Waals surface area contributed by atoms with Crippen LogP contribution in [0.1, 0.15) is 46.7 Å². The van der Waals surface area contributed by atoms with E-state index in [4.69, 9.17) is 10.7 Å². The minimum Gasteiger partial charge on any atom is -0.394 e. The molecule has 0 bridgehead atoms. The number of nitrogens with zero attached hydrogens (tertiary/aromatic N) is 3. The number of carbonyl (C=O) groups excluding carboxylic acids is 2. The number of thiazole rings is 1. The summed E-state index contributed by atoms with van der Waals surface area (Å²) >= 11 is 2.90. The van der Waals surface area contributed by atoms with E-state index in [1.54, 1.807) is 22.7 Å². The predicted molar refractivity (Wildman–Crippen MR) is 152 cm³/mol. The number of rotatable bonds is 9. The van der Waals surface area contributed by atoms with Crippen molar-refractivity contribution in [1.82, 2.24) is 25.0 Å². The second kappa shape index (κ2) is 10.9. The molecular weight excluding hydrogens is 520 g/mol. The van der Waals surface area contributed by atoms with Crippen LogP contribution in [0.25, 0.3) is 27.1 Å². The van der Waals surface area contributed by atoms with Crippen LogP contribution >= 0.6 is 22.7 Å². The van der Waals surface area contributed by atoms with Crippen LogP contribution in [0.15, 0.2) is 53.4 Å². The van der Waals surface area contributed by atoms with Crippen LogP contribution in [0, 0.1) is 5.92 Å². The highest BCUT2D eigenvalue weighted by Gasteiger charge is 2.25. The van der Waals surface area contributed by atoms with Crippen LogP contribution in [0.2, 0.25) is 0 Å². The minimum absolute atomic E-state index is 0.165. The maximum atomic E-state index is 13.5. The SMILES string of the molecule is CC(C)C[C@@H](CO)NC(=O)c1c(-c2ccsc2)nc2c(C(=O)NCc3ccc4nc(N)sc4c3)cccn12. The van der Waals surface area contributed by atoms with Gasteiger partial charge in [0.05, 0.1) is 28.4 Å². The summed E-state index contributed by atoms with van der Waals surface area (Å²) in [6.45, 7) is 4.22. The Hall–Kier alpha value is -3.80. The molecule has 5 aromatic rings. The summed E-state index contributed by atoms with van der Waals surface area (Å²) in [4.78, 5) is 35.8. The summed E-state index contributed by atoms with van der Waals surface area (Å²) < 4.78 is 2.60. The molecule has 0 saturated carbocycles. The predicted octanol–water partition coefficient (Wildman–Crippen LogP) is 4.32. The number of nitrogens with two attached hydrogens (primary N) is 1. The number of fused-ring (bicyclic) bond motifs is 2. The number of amides is 2. The number of nitrogens with one attached hydrogen (secondary N) is 2. The maximum absolute atomic E-state index is 13.5. The Bertz CT molecular complexity index is 1610. The number of nitrogen functional groups attached to an aromatic ring is 1. The largest absolute Gasteiger partial charge is 0.394 e. The van der Waals surface area contributed by atoms with Crippen LogP contribution < -0.4 is 16.4 Å². The third-order valence-electron chi connectivity index (χ3n) is 6.14. The van der Waals surface area contributed by atoms with Crippen molar-refractivity contribution in [3.8, 4) is 11.3 Å². The monoisotopic (exact) mass is 548 g/mol. The molecule has 4 heterocycles. The molecule has 5 rings (SSSR count). The first-order chi connectivity index (χ1) is 18.3. The molecule has 1 aromatic carbocycles. The van der Waals surface area contributed by atoms with Crippen LogP contribution in [-0.2, 0) is 6.54 Å². The van der Waals surface area contributed by atoms with Crippen LogP contribution in [-0.4, -0.2) is 43.9 Å². The van der Waals surface area contributed by atoms with Gasteiger partial charge in [0.2, 0.25) is 0 Å². The molecule has 0 saturated heterocycles. The summed E-state index contributed by atoms with van der Waals surface area (Å²) in [5.41, 5.74) is 9.88. The lowest BCUT2D eigenvalue weighted by molar-refractivity contribution is 0.0901. The van der Waals surface area contributed by atoms with Crippen molar-refractivity contribution in [2.75, 3.05) is 12.3 Å². The Labute approximate surface area is 227 Å². The zero-order valence-electron chi connectivity index (χ0n) is 21.0. The Morgan fingerprint density at radius 2 is 2.00 bits per heavy atom. The molecule has 1 atom stereocenters. The zero-order valence-corrected chi connectivity index (χ0v) is 22.6. The first kappa shape index (κ1) is 25.8. The summed E-state index contributed by atoms with van der Waals surface area (Å²) in [5.74, 6) is -0.357. The maximum Gasteiger partial charge on any atom is 0.270 e. The Morgan fingerprint density at radius 1 is 1.16 bits per heavy atom. The van der Waals surface area contributed by atoms with Gasteiger partial charge in [0.15, 0.2) is 10.8 Å². The third-order valence-corrected chi connectivity index (χ3v) is 7.67. The van der Waals surface area contributed by atoms with E-state index in [0.29, 0.717) is 46.6 Å². The van der Waals surface area contributed by atoms with Crippen molar-refractivity contribution in [2.45, 2.75) is 32.9 Å². The van der Waals surface area contributed by atoms with Crippen LogP contribution in [0.4, 0.5) is 5.13 Å². The first-order valence-electron chi connectivity index (χ1n) is 12.2. The first-order valence-corrected chi connectivity index (χ1v) is 14.0. The Morgan fingerprint density at radius 3 is 2.74 bits per heavy atom. The number of thiophene rings is 1. The van der Waals surface area contributed by atoms with Crippen molar-refractivity contribution in [2.24, 2.45) is 5.92 Å². The highest BCUT2D eigenvalue weighted by Crippen LogP contribution is 2.28. The number of aromatic nitrogens is 3. The molecule has 0 spiro atoms. The quantitative estimate of drug-likeness (QED) is 0.217. The second-order valence-electron chi connectivity index (χ2n) is 9.46. The molecule has 0 radical (unpaired) electrons. The highest BCUT2D eigenvalue weighted by atomic mass is 32.1. The van der Waals surface area contributed by atoms with Gasteiger partial charge in [0.1, 0.15) is 11.4 Å². The Kier molecular flexibility index (Phi) is 7.41. The summed E-state index contributed by atoms with van der Waals surface area (Å²) in [5, 5.41) is 20.1. The van der Waals surface area contributed by atoms with Crippen LogP contribution in [0.5, 0.6) is 0 Å². The number of aliphatic hydroxyl groups excluding tert-OH is 1. The molecule has 11 heteroatoms. The van der Waals surface area contributed by atoms with E-state index < -0.39 is 0 Å². The minimum atomic E-state index is -0.388. The fourth-order valence-electron chi connectivity index (χ4n) is 4.44. The molecule has 0 unspecified atom stereocenters. The van der Waals surface area contributed by atoms with E-state index in [9.17, 15) is 14.7 Å². The topological polar surface area (TPSA) is 135 Å². The number of anilines is 1. The van der Waals surface area contributed by atoms with E-state index in [-0.39, 0.29) is 24.5 Å². The molecule has 0 fully saturated rings.